The average Bonchev–Trinajstić information content (AvgIpc) is 2.28. The van der Waals surface area contributed by atoms with Gasteiger partial charge in [-0.05, 0) is 33.6 Å². The summed E-state index contributed by atoms with van der Waals surface area (Å²) in [4.78, 5) is 8.91. The predicted molar refractivity (Wildman–Crippen MR) is 76.0 cm³/mol. The van der Waals surface area contributed by atoms with E-state index in [0.29, 0.717) is 0 Å². The number of hydrogen-bond donors (Lipinski definition) is 2. The van der Waals surface area contributed by atoms with Gasteiger partial charge in [0.05, 0.1) is 0 Å². The summed E-state index contributed by atoms with van der Waals surface area (Å²) in [6.45, 7) is 7.22. The standard InChI is InChI=1S/C14H24N4/c1-4-15-13-16-11(2)10-12(17-13)18-14(3)8-6-5-7-9-14/h10H,4-9H2,1-3H3,(H2,15,16,17,18). The second-order valence-electron chi connectivity index (χ2n) is 5.49. The van der Waals surface area contributed by atoms with Gasteiger partial charge >= 0.3 is 0 Å². The Labute approximate surface area is 110 Å². The zero-order chi connectivity index (χ0) is 13.0. The lowest BCUT2D eigenvalue weighted by Crippen LogP contribution is -2.37. The molecule has 1 heterocycles. The smallest absolute Gasteiger partial charge is 0.224 e. The highest BCUT2D eigenvalue weighted by Crippen LogP contribution is 2.30. The molecule has 2 N–H and O–H groups in total. The van der Waals surface area contributed by atoms with Gasteiger partial charge in [-0.3, -0.25) is 0 Å². The molecule has 0 aliphatic heterocycles. The van der Waals surface area contributed by atoms with Gasteiger partial charge in [0.1, 0.15) is 5.82 Å². The lowest BCUT2D eigenvalue weighted by atomic mass is 9.83. The lowest BCUT2D eigenvalue weighted by Gasteiger charge is -2.35. The third-order valence-electron chi connectivity index (χ3n) is 3.58. The fourth-order valence-corrected chi connectivity index (χ4v) is 2.64. The molecule has 1 aromatic rings. The molecule has 4 heteroatoms. The van der Waals surface area contributed by atoms with Crippen molar-refractivity contribution in [2.45, 2.75) is 58.4 Å². The summed E-state index contributed by atoms with van der Waals surface area (Å²) in [7, 11) is 0. The summed E-state index contributed by atoms with van der Waals surface area (Å²) in [6.07, 6.45) is 6.45. The highest BCUT2D eigenvalue weighted by atomic mass is 15.2. The number of anilines is 2. The minimum atomic E-state index is 0.197. The molecule has 18 heavy (non-hydrogen) atoms. The van der Waals surface area contributed by atoms with Crippen LogP contribution in [0.15, 0.2) is 6.07 Å². The first kappa shape index (κ1) is 13.1. The Morgan fingerprint density at radius 2 is 1.94 bits per heavy atom. The van der Waals surface area contributed by atoms with Crippen LogP contribution in [-0.2, 0) is 0 Å². The van der Waals surface area contributed by atoms with E-state index >= 15 is 0 Å². The summed E-state index contributed by atoms with van der Waals surface area (Å²) in [5.41, 5.74) is 1.20. The summed E-state index contributed by atoms with van der Waals surface area (Å²) < 4.78 is 0. The lowest BCUT2D eigenvalue weighted by molar-refractivity contribution is 0.348. The fraction of sp³-hybridized carbons (Fsp3) is 0.714. The second-order valence-corrected chi connectivity index (χ2v) is 5.49. The van der Waals surface area contributed by atoms with Gasteiger partial charge in [-0.25, -0.2) is 4.98 Å². The average molecular weight is 248 g/mol. The molecule has 0 saturated heterocycles. The first-order valence-electron chi connectivity index (χ1n) is 6.99. The van der Waals surface area contributed by atoms with Gasteiger partial charge in [-0.15, -0.1) is 0 Å². The maximum Gasteiger partial charge on any atom is 0.224 e. The van der Waals surface area contributed by atoms with Crippen molar-refractivity contribution < 1.29 is 0 Å². The van der Waals surface area contributed by atoms with Gasteiger partial charge in [0.15, 0.2) is 0 Å². The highest BCUT2D eigenvalue weighted by Gasteiger charge is 2.26. The molecule has 100 valence electrons. The van der Waals surface area contributed by atoms with E-state index in [9.17, 15) is 0 Å². The number of nitrogens with one attached hydrogen (secondary N) is 2. The van der Waals surface area contributed by atoms with Crippen molar-refractivity contribution >= 4 is 11.8 Å². The van der Waals surface area contributed by atoms with E-state index < -0.39 is 0 Å². The van der Waals surface area contributed by atoms with Gasteiger partial charge in [0, 0.05) is 23.8 Å². The Bertz CT molecular complexity index is 397. The van der Waals surface area contributed by atoms with Crippen LogP contribution in [0, 0.1) is 6.92 Å². The minimum Gasteiger partial charge on any atom is -0.365 e. The SMILES string of the molecule is CCNc1nc(C)cc(NC2(C)CCCCC2)n1. The second kappa shape index (κ2) is 5.55. The molecule has 1 aliphatic carbocycles. The van der Waals surface area contributed by atoms with E-state index in [4.69, 9.17) is 0 Å². The Hall–Kier alpha value is -1.32. The molecule has 0 radical (unpaired) electrons. The summed E-state index contributed by atoms with van der Waals surface area (Å²) in [6, 6.07) is 2.03. The maximum atomic E-state index is 4.53. The molecule has 0 atom stereocenters. The summed E-state index contributed by atoms with van der Waals surface area (Å²) >= 11 is 0. The summed E-state index contributed by atoms with van der Waals surface area (Å²) in [5.74, 6) is 1.67. The number of aromatic nitrogens is 2. The third-order valence-corrected chi connectivity index (χ3v) is 3.58. The topological polar surface area (TPSA) is 49.8 Å². The minimum absolute atomic E-state index is 0.197. The molecule has 2 rings (SSSR count). The van der Waals surface area contributed by atoms with Crippen molar-refractivity contribution in [3.63, 3.8) is 0 Å². The molecule has 1 aliphatic rings. The Morgan fingerprint density at radius 3 is 2.61 bits per heavy atom. The van der Waals surface area contributed by atoms with E-state index in [1.165, 1.54) is 32.1 Å². The molecular weight excluding hydrogens is 224 g/mol. The third kappa shape index (κ3) is 3.34. The van der Waals surface area contributed by atoms with E-state index in [2.05, 4.69) is 34.4 Å². The Balaban J connectivity index is 2.12. The van der Waals surface area contributed by atoms with Gasteiger partial charge in [0.2, 0.25) is 5.95 Å². The number of nitrogens with zero attached hydrogens (tertiary/aromatic N) is 2. The zero-order valence-corrected chi connectivity index (χ0v) is 11.7. The van der Waals surface area contributed by atoms with E-state index in [-0.39, 0.29) is 5.54 Å². The number of rotatable bonds is 4. The first-order valence-corrected chi connectivity index (χ1v) is 6.99. The normalized spacial score (nSPS) is 18.4. The van der Waals surface area contributed by atoms with Crippen LogP contribution < -0.4 is 10.6 Å². The van der Waals surface area contributed by atoms with Crippen LogP contribution in [-0.4, -0.2) is 22.1 Å². The molecule has 0 amide bonds. The van der Waals surface area contributed by atoms with Crippen LogP contribution in [0.4, 0.5) is 11.8 Å². The molecule has 0 spiro atoms. The maximum absolute atomic E-state index is 4.53. The molecule has 0 unspecified atom stereocenters. The Morgan fingerprint density at radius 1 is 1.22 bits per heavy atom. The van der Waals surface area contributed by atoms with Crippen LogP contribution in [0.5, 0.6) is 0 Å². The number of hydrogen-bond acceptors (Lipinski definition) is 4. The van der Waals surface area contributed by atoms with Crippen LogP contribution in [0.3, 0.4) is 0 Å². The quantitative estimate of drug-likeness (QED) is 0.858. The van der Waals surface area contributed by atoms with E-state index in [0.717, 1.165) is 24.0 Å². The van der Waals surface area contributed by atoms with Crippen molar-refractivity contribution in [1.82, 2.24) is 9.97 Å². The number of aryl methyl sites for hydroxylation is 1. The van der Waals surface area contributed by atoms with Crippen molar-refractivity contribution in [3.05, 3.63) is 11.8 Å². The van der Waals surface area contributed by atoms with Crippen LogP contribution in [0.25, 0.3) is 0 Å². The van der Waals surface area contributed by atoms with Crippen LogP contribution in [0.1, 0.15) is 51.6 Å². The molecule has 1 aromatic heterocycles. The summed E-state index contributed by atoms with van der Waals surface area (Å²) in [5, 5.41) is 6.78. The van der Waals surface area contributed by atoms with Crippen molar-refractivity contribution in [1.29, 1.82) is 0 Å². The molecular formula is C14H24N4. The molecule has 0 aromatic carbocycles. The van der Waals surface area contributed by atoms with Gasteiger partial charge in [-0.2, -0.15) is 4.98 Å². The molecule has 4 nitrogen and oxygen atoms in total. The van der Waals surface area contributed by atoms with Gasteiger partial charge < -0.3 is 10.6 Å². The largest absolute Gasteiger partial charge is 0.365 e. The van der Waals surface area contributed by atoms with Crippen molar-refractivity contribution in [2.75, 3.05) is 17.2 Å². The zero-order valence-electron chi connectivity index (χ0n) is 11.7. The fourth-order valence-electron chi connectivity index (χ4n) is 2.64. The van der Waals surface area contributed by atoms with Crippen molar-refractivity contribution in [2.24, 2.45) is 0 Å². The van der Waals surface area contributed by atoms with E-state index in [1.54, 1.807) is 0 Å². The first-order chi connectivity index (χ1) is 8.61. The Kier molecular flexibility index (Phi) is 4.04. The predicted octanol–water partition coefficient (Wildman–Crippen LogP) is 3.35. The van der Waals surface area contributed by atoms with Crippen LogP contribution in [0.2, 0.25) is 0 Å². The molecule has 0 bridgehead atoms. The van der Waals surface area contributed by atoms with E-state index in [1.807, 2.05) is 13.0 Å². The molecule has 1 saturated carbocycles. The van der Waals surface area contributed by atoms with Crippen LogP contribution >= 0.6 is 0 Å². The molecule has 1 fully saturated rings. The van der Waals surface area contributed by atoms with Crippen molar-refractivity contribution in [3.8, 4) is 0 Å². The monoisotopic (exact) mass is 248 g/mol. The van der Waals surface area contributed by atoms with Gasteiger partial charge in [-0.1, -0.05) is 19.3 Å². The highest BCUT2D eigenvalue weighted by molar-refractivity contribution is 5.44. The van der Waals surface area contributed by atoms with Gasteiger partial charge in [0.25, 0.3) is 0 Å².